The fourth-order valence-electron chi connectivity index (χ4n) is 1.87. The largest absolute Gasteiger partial charge is 0.324 e. The molecule has 4 nitrogen and oxygen atoms in total. The second-order valence-corrected chi connectivity index (χ2v) is 4.15. The zero-order valence-electron chi connectivity index (χ0n) is 9.82. The number of hydrogen-bond acceptors (Lipinski definition) is 3. The minimum Gasteiger partial charge on any atom is -0.324 e. The molecule has 0 amide bonds. The van der Waals surface area contributed by atoms with Gasteiger partial charge < -0.3 is 5.73 Å². The van der Waals surface area contributed by atoms with E-state index >= 15 is 0 Å². The predicted octanol–water partition coefficient (Wildman–Crippen LogP) is 2.84. The van der Waals surface area contributed by atoms with Gasteiger partial charge in [0.15, 0.2) is 0 Å². The van der Waals surface area contributed by atoms with E-state index in [1.807, 2.05) is 36.4 Å². The van der Waals surface area contributed by atoms with Crippen LogP contribution < -0.4 is 5.73 Å². The molecule has 0 aliphatic rings. The summed E-state index contributed by atoms with van der Waals surface area (Å²) in [5, 5.41) is 10.7. The molecule has 0 saturated heterocycles. The SMILES string of the molecule is N[C@@H](Cc1cccc([N+](=O)[O-])c1)c1ccccc1. The summed E-state index contributed by atoms with van der Waals surface area (Å²) in [5.41, 5.74) is 8.09. The first-order chi connectivity index (χ1) is 8.66. The van der Waals surface area contributed by atoms with E-state index in [0.717, 1.165) is 11.1 Å². The van der Waals surface area contributed by atoms with Crippen molar-refractivity contribution in [2.45, 2.75) is 12.5 Å². The molecule has 0 heterocycles. The molecule has 2 rings (SSSR count). The van der Waals surface area contributed by atoms with Crippen LogP contribution in [0.4, 0.5) is 5.69 Å². The number of hydrogen-bond donors (Lipinski definition) is 1. The monoisotopic (exact) mass is 242 g/mol. The van der Waals surface area contributed by atoms with Gasteiger partial charge >= 0.3 is 0 Å². The normalized spacial score (nSPS) is 12.1. The molecule has 2 N–H and O–H groups in total. The van der Waals surface area contributed by atoms with E-state index in [1.54, 1.807) is 12.1 Å². The Morgan fingerprint density at radius 2 is 1.83 bits per heavy atom. The van der Waals surface area contributed by atoms with E-state index in [9.17, 15) is 10.1 Å². The van der Waals surface area contributed by atoms with Crippen molar-refractivity contribution in [3.63, 3.8) is 0 Å². The van der Waals surface area contributed by atoms with Crippen LogP contribution in [-0.2, 0) is 6.42 Å². The van der Waals surface area contributed by atoms with Gasteiger partial charge in [0.25, 0.3) is 5.69 Å². The number of non-ortho nitro benzene ring substituents is 1. The number of nitrogens with zero attached hydrogens (tertiary/aromatic N) is 1. The summed E-state index contributed by atoms with van der Waals surface area (Å²) in [6.07, 6.45) is 0.589. The van der Waals surface area contributed by atoms with E-state index in [0.29, 0.717) is 6.42 Å². The van der Waals surface area contributed by atoms with Crippen LogP contribution in [0.3, 0.4) is 0 Å². The highest BCUT2D eigenvalue weighted by Crippen LogP contribution is 2.19. The summed E-state index contributed by atoms with van der Waals surface area (Å²) < 4.78 is 0. The smallest absolute Gasteiger partial charge is 0.269 e. The molecular weight excluding hydrogens is 228 g/mol. The maximum atomic E-state index is 10.7. The van der Waals surface area contributed by atoms with Crippen molar-refractivity contribution in [1.82, 2.24) is 0 Å². The first-order valence-corrected chi connectivity index (χ1v) is 5.70. The third-order valence-corrected chi connectivity index (χ3v) is 2.80. The van der Waals surface area contributed by atoms with Gasteiger partial charge in [-0.1, -0.05) is 42.5 Å². The second-order valence-electron chi connectivity index (χ2n) is 4.15. The van der Waals surface area contributed by atoms with Crippen molar-refractivity contribution in [3.05, 3.63) is 75.8 Å². The highest BCUT2D eigenvalue weighted by Gasteiger charge is 2.10. The molecule has 4 heteroatoms. The Kier molecular flexibility index (Phi) is 3.69. The zero-order valence-corrected chi connectivity index (χ0v) is 9.82. The molecule has 92 valence electrons. The van der Waals surface area contributed by atoms with Gasteiger partial charge in [0.2, 0.25) is 0 Å². The van der Waals surface area contributed by atoms with E-state index in [1.165, 1.54) is 6.07 Å². The molecule has 0 aromatic heterocycles. The Morgan fingerprint density at radius 3 is 2.50 bits per heavy atom. The average molecular weight is 242 g/mol. The van der Waals surface area contributed by atoms with Gasteiger partial charge in [-0.2, -0.15) is 0 Å². The Morgan fingerprint density at radius 1 is 1.11 bits per heavy atom. The number of benzene rings is 2. The first-order valence-electron chi connectivity index (χ1n) is 5.70. The van der Waals surface area contributed by atoms with Crippen molar-refractivity contribution in [2.75, 3.05) is 0 Å². The van der Waals surface area contributed by atoms with Gasteiger partial charge in [-0.3, -0.25) is 10.1 Å². The maximum absolute atomic E-state index is 10.7. The molecule has 0 fully saturated rings. The average Bonchev–Trinajstić information content (AvgIpc) is 2.40. The lowest BCUT2D eigenvalue weighted by Gasteiger charge is -2.11. The lowest BCUT2D eigenvalue weighted by molar-refractivity contribution is -0.384. The molecule has 18 heavy (non-hydrogen) atoms. The molecule has 0 saturated carbocycles. The molecule has 0 bridgehead atoms. The van der Waals surface area contributed by atoms with Crippen molar-refractivity contribution < 1.29 is 4.92 Å². The van der Waals surface area contributed by atoms with E-state index in [4.69, 9.17) is 5.73 Å². The third kappa shape index (κ3) is 2.93. The summed E-state index contributed by atoms with van der Waals surface area (Å²) >= 11 is 0. The molecule has 0 aliphatic carbocycles. The Labute approximate surface area is 105 Å². The van der Waals surface area contributed by atoms with Crippen LogP contribution in [0, 0.1) is 10.1 Å². The second kappa shape index (κ2) is 5.42. The molecule has 0 radical (unpaired) electrons. The molecular formula is C14H14N2O2. The van der Waals surface area contributed by atoms with Crippen LogP contribution in [0.1, 0.15) is 17.2 Å². The summed E-state index contributed by atoms with van der Waals surface area (Å²) in [6, 6.07) is 16.2. The first kappa shape index (κ1) is 12.3. The van der Waals surface area contributed by atoms with Gasteiger partial charge in [-0.05, 0) is 17.5 Å². The number of nitro groups is 1. The molecule has 1 atom stereocenters. The predicted molar refractivity (Wildman–Crippen MR) is 70.2 cm³/mol. The van der Waals surface area contributed by atoms with Crippen molar-refractivity contribution >= 4 is 5.69 Å². The van der Waals surface area contributed by atoms with Gasteiger partial charge in [-0.15, -0.1) is 0 Å². The fraction of sp³-hybridized carbons (Fsp3) is 0.143. The summed E-state index contributed by atoms with van der Waals surface area (Å²) in [6.45, 7) is 0. The standard InChI is InChI=1S/C14H14N2O2/c15-14(12-6-2-1-3-7-12)10-11-5-4-8-13(9-11)16(17)18/h1-9,14H,10,15H2/t14-/m0/s1. The maximum Gasteiger partial charge on any atom is 0.269 e. The highest BCUT2D eigenvalue weighted by molar-refractivity contribution is 5.35. The van der Waals surface area contributed by atoms with Gasteiger partial charge in [0.1, 0.15) is 0 Å². The Bertz CT molecular complexity index is 541. The number of rotatable bonds is 4. The van der Waals surface area contributed by atoms with Gasteiger partial charge in [0.05, 0.1) is 4.92 Å². The van der Waals surface area contributed by atoms with E-state index in [-0.39, 0.29) is 11.7 Å². The van der Waals surface area contributed by atoms with Crippen LogP contribution >= 0.6 is 0 Å². The van der Waals surface area contributed by atoms with Crippen LogP contribution in [0.25, 0.3) is 0 Å². The Balaban J connectivity index is 2.14. The summed E-state index contributed by atoms with van der Waals surface area (Å²) in [4.78, 5) is 10.3. The highest BCUT2D eigenvalue weighted by atomic mass is 16.6. The third-order valence-electron chi connectivity index (χ3n) is 2.80. The van der Waals surface area contributed by atoms with Crippen LogP contribution in [0.15, 0.2) is 54.6 Å². The zero-order chi connectivity index (χ0) is 13.0. The fourth-order valence-corrected chi connectivity index (χ4v) is 1.87. The minimum atomic E-state index is -0.391. The van der Waals surface area contributed by atoms with Crippen molar-refractivity contribution in [3.8, 4) is 0 Å². The van der Waals surface area contributed by atoms with Crippen molar-refractivity contribution in [2.24, 2.45) is 5.73 Å². The topological polar surface area (TPSA) is 69.2 Å². The lowest BCUT2D eigenvalue weighted by Crippen LogP contribution is -2.13. The molecule has 0 spiro atoms. The minimum absolute atomic E-state index is 0.104. The van der Waals surface area contributed by atoms with Crippen molar-refractivity contribution in [1.29, 1.82) is 0 Å². The van der Waals surface area contributed by atoms with Gasteiger partial charge in [-0.25, -0.2) is 0 Å². The number of nitro benzene ring substituents is 1. The van der Waals surface area contributed by atoms with E-state index in [2.05, 4.69) is 0 Å². The van der Waals surface area contributed by atoms with Gasteiger partial charge in [0, 0.05) is 18.2 Å². The number of nitrogens with two attached hydrogens (primary N) is 1. The van der Waals surface area contributed by atoms with Crippen LogP contribution in [-0.4, -0.2) is 4.92 Å². The molecule has 0 aliphatic heterocycles. The molecule has 2 aromatic carbocycles. The molecule has 0 unspecified atom stereocenters. The summed E-state index contributed by atoms with van der Waals surface area (Å²) in [7, 11) is 0. The molecule has 2 aromatic rings. The summed E-state index contributed by atoms with van der Waals surface area (Å²) in [5.74, 6) is 0. The Hall–Kier alpha value is -2.20. The van der Waals surface area contributed by atoms with Crippen LogP contribution in [0.2, 0.25) is 0 Å². The quantitative estimate of drug-likeness (QED) is 0.662. The lowest BCUT2D eigenvalue weighted by atomic mass is 9.99. The van der Waals surface area contributed by atoms with Crippen LogP contribution in [0.5, 0.6) is 0 Å². The van der Waals surface area contributed by atoms with E-state index < -0.39 is 4.92 Å².